The highest BCUT2D eigenvalue weighted by molar-refractivity contribution is 7.15. The predicted octanol–water partition coefficient (Wildman–Crippen LogP) is 1.86. The van der Waals surface area contributed by atoms with Gasteiger partial charge in [-0.25, -0.2) is 0 Å². The van der Waals surface area contributed by atoms with Crippen LogP contribution in [0.2, 0.25) is 0 Å². The molecular formula is C17H26N6O4S. The highest BCUT2D eigenvalue weighted by Crippen LogP contribution is 2.18. The van der Waals surface area contributed by atoms with Gasteiger partial charge >= 0.3 is 0 Å². The molecule has 1 atom stereocenters. The second kappa shape index (κ2) is 10.2. The van der Waals surface area contributed by atoms with Crippen molar-refractivity contribution >= 4 is 28.3 Å². The van der Waals surface area contributed by atoms with Gasteiger partial charge in [0.2, 0.25) is 22.8 Å². The number of carbonyl (C=O) groups is 2. The third kappa shape index (κ3) is 6.64. The molecule has 2 rings (SSSR count). The maximum Gasteiger partial charge on any atom is 0.245 e. The molecule has 2 heterocycles. The van der Waals surface area contributed by atoms with Crippen LogP contribution in [0.4, 0.5) is 5.13 Å². The largest absolute Gasteiger partial charge is 0.374 e. The summed E-state index contributed by atoms with van der Waals surface area (Å²) in [5.74, 6) is 0.737. The van der Waals surface area contributed by atoms with Crippen LogP contribution in [0.1, 0.15) is 50.0 Å². The van der Waals surface area contributed by atoms with Crippen molar-refractivity contribution in [1.82, 2.24) is 25.2 Å². The zero-order valence-corrected chi connectivity index (χ0v) is 17.6. The van der Waals surface area contributed by atoms with Crippen molar-refractivity contribution < 1.29 is 18.8 Å². The van der Waals surface area contributed by atoms with E-state index in [0.29, 0.717) is 29.2 Å². The summed E-state index contributed by atoms with van der Waals surface area (Å²) < 4.78 is 10.2. The molecule has 0 radical (unpaired) electrons. The molecule has 1 unspecified atom stereocenters. The molecule has 0 spiro atoms. The fraction of sp³-hybridized carbons (Fsp3) is 0.647. The van der Waals surface area contributed by atoms with E-state index in [9.17, 15) is 9.59 Å². The van der Waals surface area contributed by atoms with E-state index in [0.717, 1.165) is 11.4 Å². The van der Waals surface area contributed by atoms with Gasteiger partial charge in [-0.05, 0) is 12.8 Å². The number of methoxy groups -OCH3 is 1. The maximum atomic E-state index is 12.2. The molecule has 2 amide bonds. The number of nitrogens with one attached hydrogen (secondary N) is 1. The third-order valence-electron chi connectivity index (χ3n) is 3.86. The number of aryl methyl sites for hydroxylation is 1. The van der Waals surface area contributed by atoms with E-state index in [2.05, 4.69) is 39.5 Å². The van der Waals surface area contributed by atoms with Crippen LogP contribution in [-0.2, 0) is 27.2 Å². The minimum Gasteiger partial charge on any atom is -0.374 e. The Hall–Kier alpha value is -2.40. The first-order chi connectivity index (χ1) is 13.3. The number of hydrogen-bond acceptors (Lipinski definition) is 9. The topological polar surface area (TPSA) is 123 Å². The normalized spacial score (nSPS) is 12.2. The average Bonchev–Trinajstić information content (AvgIpc) is 3.27. The Morgan fingerprint density at radius 3 is 2.71 bits per heavy atom. The molecular weight excluding hydrogens is 384 g/mol. The lowest BCUT2D eigenvalue weighted by molar-refractivity contribution is -0.133. The van der Waals surface area contributed by atoms with Crippen LogP contribution < -0.4 is 5.32 Å². The summed E-state index contributed by atoms with van der Waals surface area (Å²) in [6.45, 7) is 5.91. The summed E-state index contributed by atoms with van der Waals surface area (Å²) in [5, 5.41) is 15.8. The highest BCUT2D eigenvalue weighted by Gasteiger charge is 2.17. The molecule has 0 aliphatic rings. The summed E-state index contributed by atoms with van der Waals surface area (Å²) in [4.78, 5) is 29.9. The van der Waals surface area contributed by atoms with E-state index in [-0.39, 0.29) is 30.9 Å². The molecule has 0 aromatic carbocycles. The van der Waals surface area contributed by atoms with Gasteiger partial charge in [-0.2, -0.15) is 4.98 Å². The first kappa shape index (κ1) is 21.9. The molecule has 11 heteroatoms. The Balaban J connectivity index is 1.77. The van der Waals surface area contributed by atoms with Gasteiger partial charge in [-0.3, -0.25) is 14.9 Å². The molecule has 0 saturated carbocycles. The van der Waals surface area contributed by atoms with E-state index in [4.69, 9.17) is 9.26 Å². The van der Waals surface area contributed by atoms with Gasteiger partial charge in [0.15, 0.2) is 5.82 Å². The Morgan fingerprint density at radius 1 is 1.29 bits per heavy atom. The molecule has 2 aromatic heterocycles. The molecule has 0 aliphatic carbocycles. The minimum atomic E-state index is -0.322. The van der Waals surface area contributed by atoms with Crippen LogP contribution in [-0.4, -0.2) is 57.8 Å². The van der Waals surface area contributed by atoms with E-state index >= 15 is 0 Å². The SMILES string of the molecule is COC(C)c1noc(CCC(=O)N(C)CC(=O)Nc2nnc(CC(C)C)s2)n1. The summed E-state index contributed by atoms with van der Waals surface area (Å²) >= 11 is 1.34. The van der Waals surface area contributed by atoms with Crippen LogP contribution in [0.5, 0.6) is 0 Å². The highest BCUT2D eigenvalue weighted by atomic mass is 32.1. The molecule has 2 aromatic rings. The monoisotopic (exact) mass is 410 g/mol. The zero-order chi connectivity index (χ0) is 20.7. The van der Waals surface area contributed by atoms with Crippen LogP contribution in [0, 0.1) is 5.92 Å². The average molecular weight is 411 g/mol. The van der Waals surface area contributed by atoms with Gasteiger partial charge in [0.1, 0.15) is 11.1 Å². The summed E-state index contributed by atoms with van der Waals surface area (Å²) in [7, 11) is 3.12. The van der Waals surface area contributed by atoms with Crippen molar-refractivity contribution in [3.05, 3.63) is 16.7 Å². The quantitative estimate of drug-likeness (QED) is 0.629. The van der Waals surface area contributed by atoms with Gasteiger partial charge in [-0.1, -0.05) is 30.3 Å². The second-order valence-electron chi connectivity index (χ2n) is 6.82. The smallest absolute Gasteiger partial charge is 0.245 e. The molecule has 28 heavy (non-hydrogen) atoms. The number of ether oxygens (including phenoxy) is 1. The van der Waals surface area contributed by atoms with E-state index in [1.54, 1.807) is 21.1 Å². The second-order valence-corrected chi connectivity index (χ2v) is 7.88. The van der Waals surface area contributed by atoms with Crippen molar-refractivity contribution in [3.63, 3.8) is 0 Å². The molecule has 0 fully saturated rings. The summed E-state index contributed by atoms with van der Waals surface area (Å²) in [5.41, 5.74) is 0. The lowest BCUT2D eigenvalue weighted by Crippen LogP contribution is -2.35. The van der Waals surface area contributed by atoms with Gasteiger partial charge in [0.05, 0.1) is 6.54 Å². The van der Waals surface area contributed by atoms with Gasteiger partial charge in [0.25, 0.3) is 0 Å². The maximum absolute atomic E-state index is 12.2. The fourth-order valence-corrected chi connectivity index (χ4v) is 3.21. The molecule has 0 bridgehead atoms. The molecule has 10 nitrogen and oxygen atoms in total. The van der Waals surface area contributed by atoms with Crippen molar-refractivity contribution in [2.75, 3.05) is 26.0 Å². The molecule has 154 valence electrons. The first-order valence-corrected chi connectivity index (χ1v) is 9.81. The van der Waals surface area contributed by atoms with Gasteiger partial charge in [-0.15, -0.1) is 10.2 Å². The standard InChI is InChI=1S/C17H26N6O4S/c1-10(2)8-14-20-21-17(28-14)18-12(24)9-23(4)15(25)7-6-13-19-16(22-27-13)11(3)26-5/h10-11H,6-9H2,1-5H3,(H,18,21,24). The molecule has 0 saturated heterocycles. The van der Waals surface area contributed by atoms with Gasteiger partial charge in [0, 0.05) is 33.4 Å². The summed E-state index contributed by atoms with van der Waals surface area (Å²) in [6, 6.07) is 0. The van der Waals surface area contributed by atoms with Crippen molar-refractivity contribution in [2.45, 2.75) is 46.1 Å². The van der Waals surface area contributed by atoms with Crippen molar-refractivity contribution in [1.29, 1.82) is 0 Å². The van der Waals surface area contributed by atoms with Crippen LogP contribution in [0.25, 0.3) is 0 Å². The number of amides is 2. The third-order valence-corrected chi connectivity index (χ3v) is 4.72. The Labute approximate surface area is 167 Å². The van der Waals surface area contributed by atoms with Crippen molar-refractivity contribution in [2.24, 2.45) is 5.92 Å². The van der Waals surface area contributed by atoms with Crippen molar-refractivity contribution in [3.8, 4) is 0 Å². The number of nitrogens with zero attached hydrogens (tertiary/aromatic N) is 5. The molecule has 0 aliphatic heterocycles. The Morgan fingerprint density at radius 2 is 2.04 bits per heavy atom. The lowest BCUT2D eigenvalue weighted by atomic mass is 10.1. The Kier molecular flexibility index (Phi) is 8.00. The molecule has 1 N–H and O–H groups in total. The minimum absolute atomic E-state index is 0.0757. The van der Waals surface area contributed by atoms with Crippen LogP contribution in [0.3, 0.4) is 0 Å². The zero-order valence-electron chi connectivity index (χ0n) is 16.8. The lowest BCUT2D eigenvalue weighted by Gasteiger charge is -2.15. The number of rotatable bonds is 10. The number of hydrogen-bond donors (Lipinski definition) is 1. The first-order valence-electron chi connectivity index (χ1n) is 9.00. The van der Waals surface area contributed by atoms with E-state index in [1.807, 2.05) is 0 Å². The van der Waals surface area contributed by atoms with Gasteiger partial charge < -0.3 is 14.2 Å². The number of likely N-dealkylation sites (N-methyl/N-ethyl adjacent to an activating group) is 1. The van der Waals surface area contributed by atoms with Crippen LogP contribution in [0.15, 0.2) is 4.52 Å². The number of carbonyl (C=O) groups excluding carboxylic acids is 2. The predicted molar refractivity (Wildman–Crippen MR) is 103 cm³/mol. The van der Waals surface area contributed by atoms with E-state index in [1.165, 1.54) is 16.2 Å². The number of anilines is 1. The Bertz CT molecular complexity index is 790. The summed E-state index contributed by atoms with van der Waals surface area (Å²) in [6.07, 6.45) is 0.987. The van der Waals surface area contributed by atoms with Crippen LogP contribution >= 0.6 is 11.3 Å². The number of aromatic nitrogens is 4. The fourth-order valence-electron chi connectivity index (χ4n) is 2.24. The van der Waals surface area contributed by atoms with E-state index < -0.39 is 0 Å².